The SMILES string of the molecule is CC(C)CCCCCCCCCC(=O)C1=C(O)[C@H](C)N(C)C1=O. The molecule has 23 heavy (non-hydrogen) atoms. The highest BCUT2D eigenvalue weighted by molar-refractivity contribution is 6.21. The Bertz CT molecular complexity index is 440. The van der Waals surface area contributed by atoms with Crippen LogP contribution in [0.2, 0.25) is 0 Å². The van der Waals surface area contributed by atoms with Gasteiger partial charge in [-0.3, -0.25) is 9.59 Å². The predicted molar refractivity (Wildman–Crippen MR) is 93.3 cm³/mol. The quantitative estimate of drug-likeness (QED) is 0.453. The van der Waals surface area contributed by atoms with Gasteiger partial charge in [-0.05, 0) is 19.3 Å². The molecule has 4 nitrogen and oxygen atoms in total. The number of hydrogen-bond donors (Lipinski definition) is 1. The van der Waals surface area contributed by atoms with Gasteiger partial charge >= 0.3 is 0 Å². The Morgan fingerprint density at radius 1 is 1.09 bits per heavy atom. The maximum Gasteiger partial charge on any atom is 0.261 e. The lowest BCUT2D eigenvalue weighted by Crippen LogP contribution is -2.30. The highest BCUT2D eigenvalue weighted by atomic mass is 16.3. The van der Waals surface area contributed by atoms with Crippen molar-refractivity contribution in [2.24, 2.45) is 5.92 Å². The van der Waals surface area contributed by atoms with Crippen LogP contribution in [0, 0.1) is 5.92 Å². The monoisotopic (exact) mass is 323 g/mol. The highest BCUT2D eigenvalue weighted by Gasteiger charge is 2.37. The molecule has 1 atom stereocenters. The van der Waals surface area contributed by atoms with E-state index in [0.717, 1.165) is 25.2 Å². The van der Waals surface area contributed by atoms with Crippen LogP contribution in [0.15, 0.2) is 11.3 Å². The average molecular weight is 323 g/mol. The van der Waals surface area contributed by atoms with Crippen LogP contribution in [-0.4, -0.2) is 34.8 Å². The van der Waals surface area contributed by atoms with Gasteiger partial charge in [0.25, 0.3) is 5.91 Å². The van der Waals surface area contributed by atoms with Gasteiger partial charge in [0.2, 0.25) is 0 Å². The minimum absolute atomic E-state index is 0.00804. The van der Waals surface area contributed by atoms with Crippen LogP contribution in [0.1, 0.15) is 78.6 Å². The summed E-state index contributed by atoms with van der Waals surface area (Å²) in [5.74, 6) is 0.185. The third-order valence-corrected chi connectivity index (χ3v) is 4.73. The number of amides is 1. The van der Waals surface area contributed by atoms with Crippen molar-refractivity contribution >= 4 is 11.7 Å². The van der Waals surface area contributed by atoms with E-state index < -0.39 is 0 Å². The molecule has 132 valence electrons. The van der Waals surface area contributed by atoms with Crippen molar-refractivity contribution in [2.75, 3.05) is 7.05 Å². The van der Waals surface area contributed by atoms with E-state index in [2.05, 4.69) is 13.8 Å². The number of nitrogens with zero attached hydrogens (tertiary/aromatic N) is 1. The fourth-order valence-corrected chi connectivity index (χ4v) is 2.96. The summed E-state index contributed by atoms with van der Waals surface area (Å²) in [7, 11) is 1.61. The van der Waals surface area contributed by atoms with Gasteiger partial charge in [-0.2, -0.15) is 0 Å². The van der Waals surface area contributed by atoms with E-state index >= 15 is 0 Å². The number of unbranched alkanes of at least 4 members (excludes halogenated alkanes) is 6. The molecule has 0 bridgehead atoms. The second kappa shape index (κ2) is 9.74. The number of likely N-dealkylation sites (N-methyl/N-ethyl adjacent to an activating group) is 1. The van der Waals surface area contributed by atoms with Crippen molar-refractivity contribution in [2.45, 2.75) is 84.6 Å². The molecule has 0 saturated heterocycles. The van der Waals surface area contributed by atoms with Crippen LogP contribution in [0.4, 0.5) is 0 Å². The molecule has 1 N–H and O–H groups in total. The first kappa shape index (κ1) is 19.7. The normalized spacial score (nSPS) is 18.4. The van der Waals surface area contributed by atoms with Gasteiger partial charge in [0.05, 0.1) is 6.04 Å². The molecule has 1 aliphatic rings. The van der Waals surface area contributed by atoms with Gasteiger partial charge in [-0.25, -0.2) is 0 Å². The average Bonchev–Trinajstić information content (AvgIpc) is 2.69. The third kappa shape index (κ3) is 6.00. The van der Waals surface area contributed by atoms with Crippen LogP contribution >= 0.6 is 0 Å². The van der Waals surface area contributed by atoms with E-state index in [1.807, 2.05) is 0 Å². The Balaban J connectivity index is 2.15. The van der Waals surface area contributed by atoms with E-state index in [1.165, 1.54) is 37.0 Å². The van der Waals surface area contributed by atoms with E-state index in [0.29, 0.717) is 6.42 Å². The Hall–Kier alpha value is -1.32. The number of carbonyl (C=O) groups is 2. The van der Waals surface area contributed by atoms with Crippen molar-refractivity contribution in [3.8, 4) is 0 Å². The van der Waals surface area contributed by atoms with Gasteiger partial charge in [0.1, 0.15) is 11.3 Å². The maximum atomic E-state index is 12.1. The number of aliphatic hydroxyl groups is 1. The first-order chi connectivity index (χ1) is 10.9. The number of Topliss-reactive ketones (excluding diaryl/α,β-unsaturated/α-hetero) is 1. The minimum Gasteiger partial charge on any atom is -0.509 e. The van der Waals surface area contributed by atoms with Crippen molar-refractivity contribution in [3.05, 3.63) is 11.3 Å². The van der Waals surface area contributed by atoms with E-state index in [1.54, 1.807) is 14.0 Å². The molecule has 0 fully saturated rings. The van der Waals surface area contributed by atoms with Crippen LogP contribution in [0.3, 0.4) is 0 Å². The van der Waals surface area contributed by atoms with E-state index in [4.69, 9.17) is 0 Å². The molecule has 0 unspecified atom stereocenters. The van der Waals surface area contributed by atoms with Crippen LogP contribution in [0.25, 0.3) is 0 Å². The molecule has 1 rings (SSSR count). The lowest BCUT2D eigenvalue weighted by atomic mass is 10.0. The first-order valence-corrected chi connectivity index (χ1v) is 9.09. The summed E-state index contributed by atoms with van der Waals surface area (Å²) in [5.41, 5.74) is 0.00804. The van der Waals surface area contributed by atoms with Gasteiger partial charge in [0.15, 0.2) is 5.78 Å². The first-order valence-electron chi connectivity index (χ1n) is 9.09. The van der Waals surface area contributed by atoms with Crippen molar-refractivity contribution in [1.29, 1.82) is 0 Å². The van der Waals surface area contributed by atoms with Gasteiger partial charge in [0, 0.05) is 13.5 Å². The molecule has 1 aliphatic heterocycles. The van der Waals surface area contributed by atoms with Crippen LogP contribution in [0.5, 0.6) is 0 Å². The smallest absolute Gasteiger partial charge is 0.261 e. The molecule has 0 aliphatic carbocycles. The Labute approximate surface area is 140 Å². The molecule has 1 heterocycles. The molecule has 0 radical (unpaired) electrons. The number of hydrogen-bond acceptors (Lipinski definition) is 3. The van der Waals surface area contributed by atoms with Crippen LogP contribution in [-0.2, 0) is 9.59 Å². The zero-order valence-electron chi connectivity index (χ0n) is 15.2. The predicted octanol–water partition coefficient (Wildman–Crippen LogP) is 4.40. The molecule has 4 heteroatoms. The highest BCUT2D eigenvalue weighted by Crippen LogP contribution is 2.24. The zero-order chi connectivity index (χ0) is 17.4. The molecule has 0 saturated carbocycles. The number of ketones is 1. The summed E-state index contributed by atoms with van der Waals surface area (Å²) in [6.07, 6.45) is 9.74. The summed E-state index contributed by atoms with van der Waals surface area (Å²) in [4.78, 5) is 25.5. The summed E-state index contributed by atoms with van der Waals surface area (Å²) in [6.45, 7) is 6.25. The fourth-order valence-electron chi connectivity index (χ4n) is 2.96. The number of rotatable bonds is 11. The molecule has 0 spiro atoms. The summed E-state index contributed by atoms with van der Waals surface area (Å²) in [6, 6.07) is -0.382. The zero-order valence-corrected chi connectivity index (χ0v) is 15.2. The van der Waals surface area contributed by atoms with Crippen LogP contribution < -0.4 is 0 Å². The van der Waals surface area contributed by atoms with Crippen molar-refractivity contribution < 1.29 is 14.7 Å². The third-order valence-electron chi connectivity index (χ3n) is 4.73. The molecular weight excluding hydrogens is 290 g/mol. The second-order valence-electron chi connectivity index (χ2n) is 7.18. The summed E-state index contributed by atoms with van der Waals surface area (Å²) >= 11 is 0. The maximum absolute atomic E-state index is 12.1. The molecule has 1 amide bonds. The summed E-state index contributed by atoms with van der Waals surface area (Å²) < 4.78 is 0. The lowest BCUT2D eigenvalue weighted by molar-refractivity contribution is -0.128. The minimum atomic E-state index is -0.382. The molecule has 0 aromatic heterocycles. The largest absolute Gasteiger partial charge is 0.509 e. The Kier molecular flexibility index (Phi) is 8.35. The van der Waals surface area contributed by atoms with Gasteiger partial charge in [-0.1, -0.05) is 58.8 Å². The van der Waals surface area contributed by atoms with E-state index in [9.17, 15) is 14.7 Å². The number of aliphatic hydroxyl groups excluding tert-OH is 1. The molecule has 0 aromatic carbocycles. The topological polar surface area (TPSA) is 57.6 Å². The fraction of sp³-hybridized carbons (Fsp3) is 0.789. The van der Waals surface area contributed by atoms with Gasteiger partial charge in [-0.15, -0.1) is 0 Å². The standard InChI is InChI=1S/C19H33NO3/c1-14(2)12-10-8-6-5-7-9-11-13-16(21)17-18(22)15(3)20(4)19(17)23/h14-15,22H,5-13H2,1-4H3/t15-/m0/s1. The lowest BCUT2D eigenvalue weighted by Gasteiger charge is -2.14. The summed E-state index contributed by atoms with van der Waals surface area (Å²) in [5, 5.41) is 9.93. The molecule has 0 aromatic rings. The van der Waals surface area contributed by atoms with Crippen molar-refractivity contribution in [3.63, 3.8) is 0 Å². The second-order valence-corrected chi connectivity index (χ2v) is 7.18. The Morgan fingerprint density at radius 3 is 2.09 bits per heavy atom. The molecular formula is C19H33NO3. The van der Waals surface area contributed by atoms with Crippen molar-refractivity contribution in [1.82, 2.24) is 4.90 Å². The Morgan fingerprint density at radius 2 is 1.61 bits per heavy atom. The number of carbonyl (C=O) groups excluding carboxylic acids is 2. The van der Waals surface area contributed by atoms with E-state index in [-0.39, 0.29) is 29.1 Å². The van der Waals surface area contributed by atoms with Gasteiger partial charge < -0.3 is 10.0 Å².